The molecule has 2 saturated heterocycles. The van der Waals surface area contributed by atoms with Crippen LogP contribution in [0.15, 0.2) is 29.3 Å². The highest BCUT2D eigenvalue weighted by atomic mass is 127. The van der Waals surface area contributed by atoms with E-state index in [4.69, 9.17) is 4.74 Å². The molecule has 2 aliphatic heterocycles. The van der Waals surface area contributed by atoms with Gasteiger partial charge in [-0.15, -0.1) is 24.0 Å². The zero-order valence-electron chi connectivity index (χ0n) is 19.7. The zero-order chi connectivity index (χ0) is 21.2. The summed E-state index contributed by atoms with van der Waals surface area (Å²) < 4.78 is 5.47. The summed E-state index contributed by atoms with van der Waals surface area (Å²) in [6.07, 6.45) is 4.86. The number of benzene rings is 1. The standard InChI is InChI=1S/C24H41N5O.HI/c1-25-24(28(3)14-9-21-10-17-30-18-11-21)26-19-22-5-7-23(8-6-22)20-29-13-4-12-27(2)15-16-29;/h5-8,21H,4,9-20H2,1-3H3,(H,25,26);1H. The van der Waals surface area contributed by atoms with Gasteiger partial charge in [-0.2, -0.15) is 0 Å². The normalized spacial score (nSPS) is 19.5. The fourth-order valence-electron chi connectivity index (χ4n) is 4.36. The van der Waals surface area contributed by atoms with Gasteiger partial charge in [0.05, 0.1) is 0 Å². The highest BCUT2D eigenvalue weighted by Gasteiger charge is 2.15. The largest absolute Gasteiger partial charge is 0.381 e. The smallest absolute Gasteiger partial charge is 0.193 e. The summed E-state index contributed by atoms with van der Waals surface area (Å²) in [7, 11) is 6.23. The monoisotopic (exact) mass is 543 g/mol. The van der Waals surface area contributed by atoms with E-state index in [1.165, 1.54) is 56.4 Å². The topological polar surface area (TPSA) is 43.3 Å². The van der Waals surface area contributed by atoms with Gasteiger partial charge in [0.2, 0.25) is 0 Å². The molecule has 2 fully saturated rings. The van der Waals surface area contributed by atoms with E-state index in [0.717, 1.165) is 51.3 Å². The first-order valence-corrected chi connectivity index (χ1v) is 11.6. The number of hydrogen-bond acceptors (Lipinski definition) is 4. The first-order valence-electron chi connectivity index (χ1n) is 11.6. The molecule has 0 aliphatic carbocycles. The van der Waals surface area contributed by atoms with Crippen molar-refractivity contribution in [3.8, 4) is 0 Å². The van der Waals surface area contributed by atoms with E-state index in [2.05, 4.69) is 63.4 Å². The second-order valence-electron chi connectivity index (χ2n) is 8.92. The van der Waals surface area contributed by atoms with Crippen LogP contribution in [0, 0.1) is 5.92 Å². The Hall–Kier alpha value is -0.900. The summed E-state index contributed by atoms with van der Waals surface area (Å²) in [6, 6.07) is 9.07. The Kier molecular flexibility index (Phi) is 12.1. The lowest BCUT2D eigenvalue weighted by Gasteiger charge is -2.27. The third kappa shape index (κ3) is 9.24. The van der Waals surface area contributed by atoms with Crippen molar-refractivity contribution < 1.29 is 4.74 Å². The van der Waals surface area contributed by atoms with Crippen molar-refractivity contribution in [3.63, 3.8) is 0 Å². The van der Waals surface area contributed by atoms with E-state index in [-0.39, 0.29) is 24.0 Å². The first-order chi connectivity index (χ1) is 14.6. The number of likely N-dealkylation sites (N-methyl/N-ethyl adjacent to an activating group) is 1. The average molecular weight is 544 g/mol. The maximum Gasteiger partial charge on any atom is 0.193 e. The van der Waals surface area contributed by atoms with Gasteiger partial charge in [0.25, 0.3) is 0 Å². The Morgan fingerprint density at radius 1 is 1.10 bits per heavy atom. The highest BCUT2D eigenvalue weighted by Crippen LogP contribution is 2.18. The van der Waals surface area contributed by atoms with Crippen molar-refractivity contribution in [2.24, 2.45) is 10.9 Å². The van der Waals surface area contributed by atoms with E-state index in [1.54, 1.807) is 0 Å². The number of nitrogens with zero attached hydrogens (tertiary/aromatic N) is 4. The van der Waals surface area contributed by atoms with Crippen LogP contribution in [0.3, 0.4) is 0 Å². The number of rotatable bonds is 7. The molecule has 0 amide bonds. The Morgan fingerprint density at radius 2 is 1.81 bits per heavy atom. The van der Waals surface area contributed by atoms with Gasteiger partial charge in [0.15, 0.2) is 5.96 Å². The lowest BCUT2D eigenvalue weighted by Crippen LogP contribution is -2.39. The van der Waals surface area contributed by atoms with Gasteiger partial charge >= 0.3 is 0 Å². The second-order valence-corrected chi connectivity index (χ2v) is 8.92. The number of hydrogen-bond donors (Lipinski definition) is 1. The number of nitrogens with one attached hydrogen (secondary N) is 1. The molecule has 2 aliphatic rings. The van der Waals surface area contributed by atoms with Crippen molar-refractivity contribution in [2.75, 3.05) is 67.1 Å². The summed E-state index contributed by atoms with van der Waals surface area (Å²) >= 11 is 0. The minimum absolute atomic E-state index is 0. The van der Waals surface area contributed by atoms with Crippen LogP contribution in [0.25, 0.3) is 0 Å². The molecule has 0 radical (unpaired) electrons. The summed E-state index contributed by atoms with van der Waals surface area (Å²) in [4.78, 5) is 11.7. The highest BCUT2D eigenvalue weighted by molar-refractivity contribution is 14.0. The summed E-state index contributed by atoms with van der Waals surface area (Å²) in [5, 5.41) is 3.52. The molecule has 1 N–H and O–H groups in total. The van der Waals surface area contributed by atoms with Crippen LogP contribution in [-0.4, -0.2) is 87.7 Å². The van der Waals surface area contributed by atoms with Crippen LogP contribution in [0.5, 0.6) is 0 Å². The molecule has 0 unspecified atom stereocenters. The van der Waals surface area contributed by atoms with Gasteiger partial charge in [-0.25, -0.2) is 0 Å². The number of guanidine groups is 1. The van der Waals surface area contributed by atoms with Crippen molar-refractivity contribution >= 4 is 29.9 Å². The SMILES string of the molecule is CN=C(NCc1ccc(CN2CCCN(C)CC2)cc1)N(C)CCC1CCOCC1.I. The first kappa shape index (κ1) is 26.4. The van der Waals surface area contributed by atoms with Crippen LogP contribution < -0.4 is 5.32 Å². The number of aliphatic imine (C=N–C) groups is 1. The molecule has 0 saturated carbocycles. The second kappa shape index (κ2) is 14.3. The van der Waals surface area contributed by atoms with Crippen LogP contribution in [0.1, 0.15) is 36.8 Å². The van der Waals surface area contributed by atoms with Crippen molar-refractivity contribution in [1.82, 2.24) is 20.0 Å². The molecular weight excluding hydrogens is 501 g/mol. The molecule has 0 aromatic heterocycles. The molecule has 3 rings (SSSR count). The molecule has 0 atom stereocenters. The quantitative estimate of drug-likeness (QED) is 0.325. The molecule has 2 heterocycles. The van der Waals surface area contributed by atoms with Gasteiger partial charge in [-0.1, -0.05) is 24.3 Å². The summed E-state index contributed by atoms with van der Waals surface area (Å²) in [6.45, 7) is 9.49. The van der Waals surface area contributed by atoms with Gasteiger partial charge in [0.1, 0.15) is 0 Å². The van der Waals surface area contributed by atoms with Crippen LogP contribution >= 0.6 is 24.0 Å². The Labute approximate surface area is 206 Å². The predicted molar refractivity (Wildman–Crippen MR) is 140 cm³/mol. The predicted octanol–water partition coefficient (Wildman–Crippen LogP) is 3.27. The number of halogens is 1. The molecule has 31 heavy (non-hydrogen) atoms. The van der Waals surface area contributed by atoms with E-state index in [0.29, 0.717) is 0 Å². The van der Waals surface area contributed by atoms with Crippen LogP contribution in [0.2, 0.25) is 0 Å². The molecule has 6 nitrogen and oxygen atoms in total. The van der Waals surface area contributed by atoms with E-state index in [1.807, 2.05) is 7.05 Å². The van der Waals surface area contributed by atoms with E-state index in [9.17, 15) is 0 Å². The molecule has 176 valence electrons. The average Bonchev–Trinajstić information content (AvgIpc) is 2.98. The van der Waals surface area contributed by atoms with Crippen molar-refractivity contribution in [3.05, 3.63) is 35.4 Å². The fourth-order valence-corrected chi connectivity index (χ4v) is 4.36. The van der Waals surface area contributed by atoms with Gasteiger partial charge in [-0.05, 0) is 62.9 Å². The third-order valence-electron chi connectivity index (χ3n) is 6.48. The molecule has 0 spiro atoms. The number of ether oxygens (including phenoxy) is 1. The van der Waals surface area contributed by atoms with Gasteiger partial charge in [0, 0.05) is 60.0 Å². The van der Waals surface area contributed by atoms with Gasteiger partial charge in [-0.3, -0.25) is 9.89 Å². The van der Waals surface area contributed by atoms with Crippen LogP contribution in [-0.2, 0) is 17.8 Å². The zero-order valence-corrected chi connectivity index (χ0v) is 22.0. The molecule has 0 bridgehead atoms. The Bertz CT molecular complexity index is 648. The minimum atomic E-state index is 0. The van der Waals surface area contributed by atoms with Crippen LogP contribution in [0.4, 0.5) is 0 Å². The Morgan fingerprint density at radius 3 is 2.52 bits per heavy atom. The lowest BCUT2D eigenvalue weighted by atomic mass is 9.96. The fraction of sp³-hybridized carbons (Fsp3) is 0.708. The van der Waals surface area contributed by atoms with E-state index >= 15 is 0 Å². The maximum absolute atomic E-state index is 5.47. The lowest BCUT2D eigenvalue weighted by molar-refractivity contribution is 0.0625. The molecule has 7 heteroatoms. The molecule has 1 aromatic rings. The third-order valence-corrected chi connectivity index (χ3v) is 6.48. The summed E-state index contributed by atoms with van der Waals surface area (Å²) in [5.41, 5.74) is 2.70. The minimum Gasteiger partial charge on any atom is -0.381 e. The molecular formula is C24H42IN5O. The van der Waals surface area contributed by atoms with Crippen molar-refractivity contribution in [2.45, 2.75) is 38.8 Å². The maximum atomic E-state index is 5.47. The van der Waals surface area contributed by atoms with Gasteiger partial charge < -0.3 is 19.9 Å². The van der Waals surface area contributed by atoms with E-state index < -0.39 is 0 Å². The van der Waals surface area contributed by atoms with Crippen molar-refractivity contribution in [1.29, 1.82) is 0 Å². The summed E-state index contributed by atoms with van der Waals surface area (Å²) in [5.74, 6) is 1.76. The Balaban J connectivity index is 0.00000341. The molecule has 1 aromatic carbocycles.